The smallest absolute Gasteiger partial charge is 0.305 e. The molecule has 4 heteroatoms. The van der Waals surface area contributed by atoms with Crippen molar-refractivity contribution in [3.05, 3.63) is 11.6 Å². The second-order valence-corrected chi connectivity index (χ2v) is 11.6. The summed E-state index contributed by atoms with van der Waals surface area (Å²) in [4.78, 5) is 24.0. The summed E-state index contributed by atoms with van der Waals surface area (Å²) in [6, 6.07) is 0. The number of ether oxygens (including phenoxy) is 1. The topological polar surface area (TPSA) is 63.6 Å². The van der Waals surface area contributed by atoms with Crippen LogP contribution in [-0.4, -0.2) is 30.1 Å². The van der Waals surface area contributed by atoms with E-state index in [1.807, 2.05) is 6.92 Å². The molecule has 9 atom stereocenters. The zero-order valence-corrected chi connectivity index (χ0v) is 20.2. The Morgan fingerprint density at radius 3 is 2.58 bits per heavy atom. The van der Waals surface area contributed by atoms with Crippen LogP contribution in [0.15, 0.2) is 11.6 Å². The van der Waals surface area contributed by atoms with Crippen LogP contribution in [0.5, 0.6) is 0 Å². The SMILES string of the molecule is C/C=C1\[C@@H](O)[C@@H]2[C@H](CC[C@]3(C)[C@@H]([C@H](C)CCC(=O)OC)CC[C@@H]23)[C@@]2(C)CCC(=O)C[C@@H]12. The van der Waals surface area contributed by atoms with Gasteiger partial charge in [0.05, 0.1) is 13.2 Å². The molecule has 174 valence electrons. The van der Waals surface area contributed by atoms with Crippen LogP contribution in [0.25, 0.3) is 0 Å². The number of aliphatic hydroxyl groups is 1. The van der Waals surface area contributed by atoms with Gasteiger partial charge in [0.25, 0.3) is 0 Å². The van der Waals surface area contributed by atoms with Crippen molar-refractivity contribution in [2.45, 2.75) is 91.6 Å². The highest BCUT2D eigenvalue weighted by Gasteiger charge is 2.63. The number of fused-ring (bicyclic) bond motifs is 5. The third-order valence-corrected chi connectivity index (χ3v) is 10.6. The lowest BCUT2D eigenvalue weighted by atomic mass is 9.43. The predicted octanol–water partition coefficient (Wildman–Crippen LogP) is 5.33. The minimum absolute atomic E-state index is 0.110. The van der Waals surface area contributed by atoms with Gasteiger partial charge in [0.2, 0.25) is 0 Å². The van der Waals surface area contributed by atoms with Gasteiger partial charge in [-0.05, 0) is 97.4 Å². The van der Waals surface area contributed by atoms with Crippen molar-refractivity contribution in [3.8, 4) is 0 Å². The molecule has 0 aromatic carbocycles. The van der Waals surface area contributed by atoms with Crippen LogP contribution in [0.3, 0.4) is 0 Å². The summed E-state index contributed by atoms with van der Waals surface area (Å²) in [6.07, 6.45) is 10.1. The van der Waals surface area contributed by atoms with Crippen molar-refractivity contribution in [2.24, 2.45) is 46.3 Å². The molecular weight excluding hydrogens is 388 g/mol. The van der Waals surface area contributed by atoms with Crippen LogP contribution in [0, 0.1) is 46.3 Å². The molecule has 0 heterocycles. The van der Waals surface area contributed by atoms with Gasteiger partial charge in [-0.15, -0.1) is 0 Å². The van der Waals surface area contributed by atoms with Crippen LogP contribution < -0.4 is 0 Å². The first-order valence-electron chi connectivity index (χ1n) is 12.6. The Morgan fingerprint density at radius 2 is 1.90 bits per heavy atom. The number of hydrogen-bond acceptors (Lipinski definition) is 4. The van der Waals surface area contributed by atoms with Crippen LogP contribution in [0.1, 0.15) is 85.5 Å². The van der Waals surface area contributed by atoms with E-state index in [0.29, 0.717) is 54.6 Å². The summed E-state index contributed by atoms with van der Waals surface area (Å²) in [5.41, 5.74) is 1.50. The Balaban J connectivity index is 1.61. The fraction of sp³-hybridized carbons (Fsp3) is 0.852. The van der Waals surface area contributed by atoms with Crippen LogP contribution in [-0.2, 0) is 14.3 Å². The van der Waals surface area contributed by atoms with Crippen molar-refractivity contribution >= 4 is 11.8 Å². The Bertz CT molecular complexity index is 756. The van der Waals surface area contributed by atoms with Gasteiger partial charge in [0, 0.05) is 19.3 Å². The monoisotopic (exact) mass is 430 g/mol. The molecule has 4 saturated carbocycles. The van der Waals surface area contributed by atoms with Crippen molar-refractivity contribution in [3.63, 3.8) is 0 Å². The predicted molar refractivity (Wildman–Crippen MR) is 121 cm³/mol. The number of rotatable bonds is 4. The van der Waals surface area contributed by atoms with E-state index in [9.17, 15) is 14.7 Å². The second-order valence-electron chi connectivity index (χ2n) is 11.6. The molecule has 4 nitrogen and oxygen atoms in total. The number of hydrogen-bond donors (Lipinski definition) is 1. The standard InChI is InChI=1S/C27H42O4/c1-6-18-22-15-17(28)11-13-27(22,4)21-12-14-26(3)19(16(2)7-10-23(29)31-5)8-9-20(26)24(21)25(18)30/h6,16,19-22,24-25,30H,7-15H2,1-5H3/b18-6-/t16-,19-,20+,21+,22+,24+,25-,26-,27-/m1/s1. The van der Waals surface area contributed by atoms with Gasteiger partial charge in [0.1, 0.15) is 5.78 Å². The van der Waals surface area contributed by atoms with Crippen LogP contribution >= 0.6 is 0 Å². The molecule has 4 fully saturated rings. The summed E-state index contributed by atoms with van der Waals surface area (Å²) in [5, 5.41) is 11.7. The van der Waals surface area contributed by atoms with E-state index in [2.05, 4.69) is 26.8 Å². The van der Waals surface area contributed by atoms with E-state index in [1.54, 1.807) is 0 Å². The van der Waals surface area contributed by atoms with Crippen molar-refractivity contribution < 1.29 is 19.4 Å². The van der Waals surface area contributed by atoms with Crippen molar-refractivity contribution in [1.82, 2.24) is 0 Å². The molecule has 0 amide bonds. The number of Topliss-reactive ketones (excluding diaryl/α,β-unsaturated/α-hetero) is 1. The Kier molecular flexibility index (Phi) is 6.17. The number of methoxy groups -OCH3 is 1. The Morgan fingerprint density at radius 1 is 1.19 bits per heavy atom. The average molecular weight is 431 g/mol. The number of aliphatic hydroxyl groups excluding tert-OH is 1. The lowest BCUT2D eigenvalue weighted by Crippen LogP contribution is -2.59. The minimum Gasteiger partial charge on any atom is -0.469 e. The minimum atomic E-state index is -0.410. The zero-order valence-electron chi connectivity index (χ0n) is 20.2. The van der Waals surface area contributed by atoms with E-state index in [1.165, 1.54) is 26.4 Å². The highest BCUT2D eigenvalue weighted by atomic mass is 16.5. The summed E-state index contributed by atoms with van der Waals surface area (Å²) in [7, 11) is 1.47. The van der Waals surface area contributed by atoms with Crippen LogP contribution in [0.2, 0.25) is 0 Å². The summed E-state index contributed by atoms with van der Waals surface area (Å²) < 4.78 is 4.87. The fourth-order valence-electron chi connectivity index (χ4n) is 8.92. The van der Waals surface area contributed by atoms with Crippen molar-refractivity contribution in [1.29, 1.82) is 0 Å². The largest absolute Gasteiger partial charge is 0.469 e. The van der Waals surface area contributed by atoms with E-state index >= 15 is 0 Å². The Labute approximate surface area is 188 Å². The van der Waals surface area contributed by atoms with Gasteiger partial charge in [-0.1, -0.05) is 26.8 Å². The maximum atomic E-state index is 12.3. The quantitative estimate of drug-likeness (QED) is 0.484. The van der Waals surface area contributed by atoms with Gasteiger partial charge >= 0.3 is 5.97 Å². The van der Waals surface area contributed by atoms with Gasteiger partial charge in [-0.3, -0.25) is 9.59 Å². The normalized spacial score (nSPS) is 46.8. The zero-order chi connectivity index (χ0) is 22.6. The highest BCUT2D eigenvalue weighted by Crippen LogP contribution is 2.69. The maximum Gasteiger partial charge on any atom is 0.305 e. The number of carbonyl (C=O) groups is 2. The van der Waals surface area contributed by atoms with E-state index in [0.717, 1.165) is 24.8 Å². The van der Waals surface area contributed by atoms with E-state index in [4.69, 9.17) is 4.74 Å². The first kappa shape index (κ1) is 23.0. The third-order valence-electron chi connectivity index (χ3n) is 10.6. The summed E-state index contributed by atoms with van der Waals surface area (Å²) in [6.45, 7) is 9.26. The summed E-state index contributed by atoms with van der Waals surface area (Å²) >= 11 is 0. The lowest BCUT2D eigenvalue weighted by molar-refractivity contribution is -0.149. The molecule has 4 aliphatic rings. The lowest BCUT2D eigenvalue weighted by Gasteiger charge is -2.62. The molecule has 0 aliphatic heterocycles. The molecule has 31 heavy (non-hydrogen) atoms. The molecule has 0 radical (unpaired) electrons. The van der Waals surface area contributed by atoms with Crippen LogP contribution in [0.4, 0.5) is 0 Å². The molecular formula is C27H42O4. The number of allylic oxidation sites excluding steroid dienone is 1. The van der Waals surface area contributed by atoms with Gasteiger partial charge in [-0.2, -0.15) is 0 Å². The molecule has 0 unspecified atom stereocenters. The fourth-order valence-corrected chi connectivity index (χ4v) is 8.92. The molecule has 0 aromatic rings. The molecule has 0 spiro atoms. The number of esters is 1. The molecule has 0 saturated heterocycles. The number of carbonyl (C=O) groups excluding carboxylic acids is 2. The third kappa shape index (κ3) is 3.52. The summed E-state index contributed by atoms with van der Waals surface area (Å²) in [5.74, 6) is 2.90. The van der Waals surface area contributed by atoms with E-state index < -0.39 is 6.10 Å². The first-order valence-corrected chi connectivity index (χ1v) is 12.6. The molecule has 4 aliphatic carbocycles. The number of ketones is 1. The Hall–Kier alpha value is -1.16. The molecule has 4 rings (SSSR count). The van der Waals surface area contributed by atoms with Gasteiger partial charge < -0.3 is 9.84 Å². The first-order chi connectivity index (χ1) is 14.7. The van der Waals surface area contributed by atoms with Crippen molar-refractivity contribution in [2.75, 3.05) is 7.11 Å². The van der Waals surface area contributed by atoms with Gasteiger partial charge in [-0.25, -0.2) is 0 Å². The molecule has 1 N–H and O–H groups in total. The molecule has 0 aromatic heterocycles. The maximum absolute atomic E-state index is 12.3. The van der Waals surface area contributed by atoms with E-state index in [-0.39, 0.29) is 22.7 Å². The van der Waals surface area contributed by atoms with Gasteiger partial charge in [0.15, 0.2) is 0 Å². The average Bonchev–Trinajstić information content (AvgIpc) is 3.10. The molecule has 0 bridgehead atoms. The second kappa shape index (κ2) is 8.32. The highest BCUT2D eigenvalue weighted by molar-refractivity contribution is 5.80.